The average molecular weight is 340 g/mol. The Bertz CT molecular complexity index is 951. The Kier molecular flexibility index (Phi) is 4.35. The smallest absolute Gasteiger partial charge is 0.329 e. The normalized spacial score (nSPS) is 18.7. The predicted octanol–water partition coefficient (Wildman–Crippen LogP) is -0.287. The SMILES string of the molecule is Cn1c(=O)[nH]c(NC2CC(NC(=O)c3ccccn3)C2)c(C#N)c1=O. The van der Waals surface area contributed by atoms with Crippen molar-refractivity contribution in [2.45, 2.75) is 24.9 Å². The van der Waals surface area contributed by atoms with Crippen LogP contribution in [0.4, 0.5) is 5.82 Å². The molecule has 2 heterocycles. The molecule has 0 atom stereocenters. The van der Waals surface area contributed by atoms with Crippen molar-refractivity contribution in [1.29, 1.82) is 5.26 Å². The molecule has 0 unspecified atom stereocenters. The summed E-state index contributed by atoms with van der Waals surface area (Å²) in [5.41, 5.74) is -1.02. The minimum absolute atomic E-state index is 0.0317. The lowest BCUT2D eigenvalue weighted by Crippen LogP contribution is -2.50. The number of nitriles is 1. The highest BCUT2D eigenvalue weighted by Crippen LogP contribution is 2.24. The summed E-state index contributed by atoms with van der Waals surface area (Å²) in [6, 6.07) is 6.83. The maximum absolute atomic E-state index is 12.0. The van der Waals surface area contributed by atoms with Crippen LogP contribution in [-0.2, 0) is 7.05 Å². The number of amides is 1. The Balaban J connectivity index is 1.62. The number of anilines is 1. The minimum atomic E-state index is -0.645. The van der Waals surface area contributed by atoms with Gasteiger partial charge in [-0.25, -0.2) is 4.79 Å². The lowest BCUT2D eigenvalue weighted by molar-refractivity contribution is 0.0908. The highest BCUT2D eigenvalue weighted by atomic mass is 16.2. The van der Waals surface area contributed by atoms with Gasteiger partial charge in [-0.2, -0.15) is 5.26 Å². The molecule has 2 aromatic rings. The largest absolute Gasteiger partial charge is 0.367 e. The molecule has 1 aliphatic carbocycles. The average Bonchev–Trinajstić information content (AvgIpc) is 2.58. The Morgan fingerprint density at radius 1 is 1.36 bits per heavy atom. The van der Waals surface area contributed by atoms with Crippen LogP contribution in [0.1, 0.15) is 28.9 Å². The van der Waals surface area contributed by atoms with E-state index in [0.717, 1.165) is 4.57 Å². The fraction of sp³-hybridized carbons (Fsp3) is 0.312. The fourth-order valence-electron chi connectivity index (χ4n) is 2.65. The van der Waals surface area contributed by atoms with E-state index in [-0.39, 0.29) is 29.4 Å². The number of rotatable bonds is 4. The zero-order valence-corrected chi connectivity index (χ0v) is 13.4. The first-order valence-electron chi connectivity index (χ1n) is 7.71. The third-order valence-corrected chi connectivity index (χ3v) is 4.14. The van der Waals surface area contributed by atoms with Crippen molar-refractivity contribution < 1.29 is 4.79 Å². The number of nitrogens with zero attached hydrogens (tertiary/aromatic N) is 3. The molecule has 1 aliphatic rings. The number of hydrogen-bond donors (Lipinski definition) is 3. The van der Waals surface area contributed by atoms with Gasteiger partial charge in [-0.05, 0) is 25.0 Å². The molecular weight excluding hydrogens is 324 g/mol. The quantitative estimate of drug-likeness (QED) is 0.701. The monoisotopic (exact) mass is 340 g/mol. The molecular formula is C16H16N6O3. The van der Waals surface area contributed by atoms with E-state index in [1.807, 2.05) is 0 Å². The summed E-state index contributed by atoms with van der Waals surface area (Å²) in [6.45, 7) is 0. The van der Waals surface area contributed by atoms with Crippen molar-refractivity contribution in [3.05, 3.63) is 56.5 Å². The summed E-state index contributed by atoms with van der Waals surface area (Å²) in [4.78, 5) is 42.1. The van der Waals surface area contributed by atoms with Crippen LogP contribution in [0.15, 0.2) is 34.0 Å². The van der Waals surface area contributed by atoms with E-state index in [1.54, 1.807) is 30.5 Å². The number of aromatic nitrogens is 3. The van der Waals surface area contributed by atoms with Crippen molar-refractivity contribution in [3.8, 4) is 6.07 Å². The van der Waals surface area contributed by atoms with Crippen LogP contribution in [0.2, 0.25) is 0 Å². The maximum Gasteiger partial charge on any atom is 0.329 e. The Morgan fingerprint density at radius 3 is 2.76 bits per heavy atom. The van der Waals surface area contributed by atoms with Gasteiger partial charge in [-0.3, -0.25) is 24.1 Å². The van der Waals surface area contributed by atoms with E-state index in [0.29, 0.717) is 18.5 Å². The molecule has 128 valence electrons. The van der Waals surface area contributed by atoms with E-state index in [9.17, 15) is 14.4 Å². The first-order valence-corrected chi connectivity index (χ1v) is 7.71. The summed E-state index contributed by atoms with van der Waals surface area (Å²) in [5.74, 6) is -0.126. The van der Waals surface area contributed by atoms with Crippen molar-refractivity contribution in [3.63, 3.8) is 0 Å². The van der Waals surface area contributed by atoms with Gasteiger partial charge >= 0.3 is 5.69 Å². The Morgan fingerprint density at radius 2 is 2.12 bits per heavy atom. The zero-order chi connectivity index (χ0) is 18.0. The number of H-pyrrole nitrogens is 1. The van der Waals surface area contributed by atoms with Gasteiger partial charge in [0, 0.05) is 25.3 Å². The molecule has 1 fully saturated rings. The topological polar surface area (TPSA) is 133 Å². The molecule has 2 aromatic heterocycles. The molecule has 0 aliphatic heterocycles. The molecule has 0 radical (unpaired) electrons. The van der Waals surface area contributed by atoms with Crippen LogP contribution in [-0.4, -0.2) is 32.5 Å². The number of pyridine rings is 1. The van der Waals surface area contributed by atoms with Crippen LogP contribution < -0.4 is 21.9 Å². The van der Waals surface area contributed by atoms with E-state index < -0.39 is 11.2 Å². The first-order chi connectivity index (χ1) is 12.0. The van der Waals surface area contributed by atoms with Gasteiger partial charge in [0.2, 0.25) is 0 Å². The summed E-state index contributed by atoms with van der Waals surface area (Å²) in [6.07, 6.45) is 2.77. The molecule has 3 rings (SSSR count). The second kappa shape index (κ2) is 6.60. The highest BCUT2D eigenvalue weighted by molar-refractivity contribution is 5.92. The van der Waals surface area contributed by atoms with E-state index in [2.05, 4.69) is 20.6 Å². The molecule has 1 amide bonds. The number of nitrogens with one attached hydrogen (secondary N) is 3. The second-order valence-corrected chi connectivity index (χ2v) is 5.85. The number of aromatic amines is 1. The first kappa shape index (κ1) is 16.4. The van der Waals surface area contributed by atoms with Gasteiger partial charge in [0.15, 0.2) is 5.56 Å². The van der Waals surface area contributed by atoms with E-state index in [1.165, 1.54) is 7.05 Å². The van der Waals surface area contributed by atoms with Crippen LogP contribution >= 0.6 is 0 Å². The zero-order valence-electron chi connectivity index (χ0n) is 13.4. The van der Waals surface area contributed by atoms with Crippen LogP contribution in [0.5, 0.6) is 0 Å². The van der Waals surface area contributed by atoms with Crippen LogP contribution in [0.25, 0.3) is 0 Å². The van der Waals surface area contributed by atoms with Gasteiger partial charge in [-0.15, -0.1) is 0 Å². The Hall–Kier alpha value is -3.41. The molecule has 3 N–H and O–H groups in total. The lowest BCUT2D eigenvalue weighted by atomic mass is 9.86. The van der Waals surface area contributed by atoms with Gasteiger partial charge in [0.25, 0.3) is 11.5 Å². The van der Waals surface area contributed by atoms with E-state index >= 15 is 0 Å². The van der Waals surface area contributed by atoms with Gasteiger partial charge in [0.05, 0.1) is 0 Å². The molecule has 0 spiro atoms. The summed E-state index contributed by atoms with van der Waals surface area (Å²) >= 11 is 0. The molecule has 25 heavy (non-hydrogen) atoms. The second-order valence-electron chi connectivity index (χ2n) is 5.85. The van der Waals surface area contributed by atoms with Gasteiger partial charge in [0.1, 0.15) is 17.6 Å². The van der Waals surface area contributed by atoms with Crippen LogP contribution in [0.3, 0.4) is 0 Å². The number of hydrogen-bond acceptors (Lipinski definition) is 6. The molecule has 9 nitrogen and oxygen atoms in total. The third kappa shape index (κ3) is 3.28. The summed E-state index contributed by atoms with van der Waals surface area (Å²) in [7, 11) is 1.30. The maximum atomic E-state index is 12.0. The molecule has 1 saturated carbocycles. The summed E-state index contributed by atoms with van der Waals surface area (Å²) < 4.78 is 0.848. The number of carbonyl (C=O) groups is 1. The van der Waals surface area contributed by atoms with Gasteiger partial charge < -0.3 is 10.6 Å². The van der Waals surface area contributed by atoms with Gasteiger partial charge in [-0.1, -0.05) is 6.07 Å². The van der Waals surface area contributed by atoms with Crippen molar-refractivity contribution in [1.82, 2.24) is 19.9 Å². The summed E-state index contributed by atoms with van der Waals surface area (Å²) in [5, 5.41) is 15.0. The van der Waals surface area contributed by atoms with Crippen LogP contribution in [0, 0.1) is 11.3 Å². The standard InChI is InChI=1S/C16H16N6O3/c1-22-15(24)11(8-17)13(21-16(22)25)19-9-6-10(7-9)20-14(23)12-4-2-3-5-18-12/h2-5,9-10,19H,6-7H2,1H3,(H,20,23)(H,21,25). The van der Waals surface area contributed by atoms with Crippen molar-refractivity contribution in [2.24, 2.45) is 7.05 Å². The Labute approximate surface area is 142 Å². The van der Waals surface area contributed by atoms with Crippen molar-refractivity contribution >= 4 is 11.7 Å². The van der Waals surface area contributed by atoms with E-state index in [4.69, 9.17) is 5.26 Å². The number of carbonyl (C=O) groups excluding carboxylic acids is 1. The minimum Gasteiger partial charge on any atom is -0.367 e. The molecule has 0 aromatic carbocycles. The van der Waals surface area contributed by atoms with Crippen molar-refractivity contribution in [2.75, 3.05) is 5.32 Å². The predicted molar refractivity (Wildman–Crippen MR) is 89.2 cm³/mol. The third-order valence-electron chi connectivity index (χ3n) is 4.14. The highest BCUT2D eigenvalue weighted by Gasteiger charge is 2.31. The fourth-order valence-corrected chi connectivity index (χ4v) is 2.65. The molecule has 0 saturated heterocycles. The lowest BCUT2D eigenvalue weighted by Gasteiger charge is -2.36. The molecule has 9 heteroatoms. The molecule has 0 bridgehead atoms.